The van der Waals surface area contributed by atoms with Gasteiger partial charge >= 0.3 is 11.9 Å². The monoisotopic (exact) mass is 457 g/mol. The molecule has 8 heteroatoms. The summed E-state index contributed by atoms with van der Waals surface area (Å²) in [6, 6.07) is 9.07. The zero-order valence-corrected chi connectivity index (χ0v) is 19.4. The number of nitrogens with zero attached hydrogens (tertiary/aromatic N) is 1. The fraction of sp³-hybridized carbons (Fsp3) is 0.348. The van der Waals surface area contributed by atoms with E-state index >= 15 is 0 Å². The Hall–Kier alpha value is -2.63. The minimum atomic E-state index is -0.621. The Balaban J connectivity index is 1.86. The van der Waals surface area contributed by atoms with Gasteiger partial charge in [0.25, 0.3) is 0 Å². The summed E-state index contributed by atoms with van der Waals surface area (Å²) in [5.74, 6) is 6.07. The number of aromatic nitrogens is 1. The van der Waals surface area contributed by atoms with Crippen LogP contribution in [0.4, 0.5) is 0 Å². The van der Waals surface area contributed by atoms with Crippen molar-refractivity contribution in [3.8, 4) is 17.6 Å². The summed E-state index contributed by atoms with van der Waals surface area (Å²) in [6.07, 6.45) is 5.44. The van der Waals surface area contributed by atoms with E-state index in [1.165, 1.54) is 13.1 Å². The van der Waals surface area contributed by atoms with Gasteiger partial charge in [0.15, 0.2) is 0 Å². The second-order valence-corrected chi connectivity index (χ2v) is 9.10. The Labute approximate surface area is 190 Å². The van der Waals surface area contributed by atoms with E-state index < -0.39 is 12.3 Å². The predicted molar refractivity (Wildman–Crippen MR) is 122 cm³/mol. The van der Waals surface area contributed by atoms with Gasteiger partial charge in [-0.15, -0.1) is 23.5 Å². The standard InChI is InChI=1S/C23H23NO5S2/c1-5-27-22(26)17-8-10-18(24-14-17)9-6-16-7-11-20-19(12-16)23(30-3,31-4)13-21(29-20)28-15(2)25/h7-8,10-12,14,21H,5,13H2,1-4H3. The number of hydrogen-bond acceptors (Lipinski definition) is 8. The SMILES string of the molecule is CCOC(=O)c1ccc(C#Cc2ccc3c(c2)C(SC)(SC)CC(OC(C)=O)O3)nc1. The van der Waals surface area contributed by atoms with Crippen molar-refractivity contribution in [1.29, 1.82) is 0 Å². The molecule has 1 aromatic heterocycles. The van der Waals surface area contributed by atoms with Crippen LogP contribution < -0.4 is 4.74 Å². The van der Waals surface area contributed by atoms with Crippen LogP contribution in [0.3, 0.4) is 0 Å². The molecule has 1 atom stereocenters. The lowest BCUT2D eigenvalue weighted by Crippen LogP contribution is -2.36. The summed E-state index contributed by atoms with van der Waals surface area (Å²) < 4.78 is 15.9. The molecule has 2 heterocycles. The van der Waals surface area contributed by atoms with Crippen molar-refractivity contribution >= 4 is 35.5 Å². The van der Waals surface area contributed by atoms with Gasteiger partial charge in [-0.25, -0.2) is 9.78 Å². The maximum absolute atomic E-state index is 11.7. The zero-order valence-electron chi connectivity index (χ0n) is 17.8. The van der Waals surface area contributed by atoms with Crippen LogP contribution in [-0.4, -0.2) is 42.3 Å². The second kappa shape index (κ2) is 10.1. The average Bonchev–Trinajstić information content (AvgIpc) is 2.77. The number of pyridine rings is 1. The molecule has 3 rings (SSSR count). The zero-order chi connectivity index (χ0) is 22.4. The second-order valence-electron chi connectivity index (χ2n) is 6.64. The van der Waals surface area contributed by atoms with Gasteiger partial charge in [0, 0.05) is 24.2 Å². The Morgan fingerprint density at radius 3 is 2.61 bits per heavy atom. The number of hydrogen-bond donors (Lipinski definition) is 0. The number of carbonyl (C=O) groups excluding carboxylic acids is 2. The van der Waals surface area contributed by atoms with Crippen molar-refractivity contribution in [1.82, 2.24) is 4.98 Å². The first-order valence-corrected chi connectivity index (χ1v) is 12.1. The average molecular weight is 458 g/mol. The molecule has 0 N–H and O–H groups in total. The van der Waals surface area contributed by atoms with Crippen molar-refractivity contribution in [2.75, 3.05) is 19.1 Å². The van der Waals surface area contributed by atoms with E-state index in [1.807, 2.05) is 30.7 Å². The molecule has 0 fully saturated rings. The van der Waals surface area contributed by atoms with Crippen LogP contribution in [0, 0.1) is 11.8 Å². The van der Waals surface area contributed by atoms with Gasteiger partial charge < -0.3 is 14.2 Å². The van der Waals surface area contributed by atoms with Gasteiger partial charge in [-0.05, 0) is 55.7 Å². The fourth-order valence-corrected chi connectivity index (χ4v) is 5.21. The lowest BCUT2D eigenvalue weighted by Gasteiger charge is -2.39. The molecule has 1 aromatic carbocycles. The Bertz CT molecular complexity index is 1020. The van der Waals surface area contributed by atoms with Crippen molar-refractivity contribution in [3.05, 3.63) is 58.9 Å². The van der Waals surface area contributed by atoms with E-state index in [4.69, 9.17) is 14.2 Å². The lowest BCUT2D eigenvalue weighted by molar-refractivity contribution is -0.163. The topological polar surface area (TPSA) is 74.7 Å². The molecular weight excluding hydrogens is 434 g/mol. The molecule has 0 bridgehead atoms. The van der Waals surface area contributed by atoms with Crippen molar-refractivity contribution in [2.45, 2.75) is 30.6 Å². The predicted octanol–water partition coefficient (Wildman–Crippen LogP) is 4.21. The summed E-state index contributed by atoms with van der Waals surface area (Å²) in [6.45, 7) is 3.45. The van der Waals surface area contributed by atoms with Crippen LogP contribution in [0.5, 0.6) is 5.75 Å². The third-order valence-electron chi connectivity index (χ3n) is 4.65. The van der Waals surface area contributed by atoms with Crippen molar-refractivity contribution < 1.29 is 23.8 Å². The first kappa shape index (κ1) is 23.0. The lowest BCUT2D eigenvalue weighted by atomic mass is 10.0. The number of ether oxygens (including phenoxy) is 3. The van der Waals surface area contributed by atoms with Gasteiger partial charge in [-0.3, -0.25) is 4.79 Å². The molecule has 31 heavy (non-hydrogen) atoms. The van der Waals surface area contributed by atoms with E-state index in [0.717, 1.165) is 11.1 Å². The molecule has 0 aliphatic carbocycles. The third kappa shape index (κ3) is 5.35. The van der Waals surface area contributed by atoms with Crippen LogP contribution in [0.1, 0.15) is 47.4 Å². The van der Waals surface area contributed by atoms with Crippen LogP contribution >= 0.6 is 23.5 Å². The van der Waals surface area contributed by atoms with Gasteiger partial charge in [0.05, 0.1) is 22.7 Å². The maximum atomic E-state index is 11.7. The van der Waals surface area contributed by atoms with Gasteiger partial charge in [0.1, 0.15) is 11.4 Å². The molecule has 0 saturated carbocycles. The van der Waals surface area contributed by atoms with Gasteiger partial charge in [-0.2, -0.15) is 0 Å². The number of carbonyl (C=O) groups is 2. The first-order chi connectivity index (χ1) is 14.9. The summed E-state index contributed by atoms with van der Waals surface area (Å²) in [4.78, 5) is 27.4. The number of esters is 2. The Morgan fingerprint density at radius 2 is 2.00 bits per heavy atom. The highest BCUT2D eigenvalue weighted by atomic mass is 32.2. The molecule has 162 valence electrons. The molecular formula is C23H23NO5S2. The molecule has 2 aromatic rings. The van der Waals surface area contributed by atoms with E-state index in [-0.39, 0.29) is 10.0 Å². The van der Waals surface area contributed by atoms with E-state index in [0.29, 0.717) is 30.0 Å². The minimum Gasteiger partial charge on any atom is -0.462 e. The van der Waals surface area contributed by atoms with Crippen LogP contribution in [-0.2, 0) is 18.3 Å². The van der Waals surface area contributed by atoms with E-state index in [2.05, 4.69) is 16.8 Å². The first-order valence-electron chi connectivity index (χ1n) is 9.64. The van der Waals surface area contributed by atoms with Crippen LogP contribution in [0.2, 0.25) is 0 Å². The highest BCUT2D eigenvalue weighted by Gasteiger charge is 2.42. The molecule has 1 unspecified atom stereocenters. The normalized spacial score (nSPS) is 16.2. The molecule has 0 radical (unpaired) electrons. The quantitative estimate of drug-likeness (QED) is 0.376. The number of thioether (sulfide) groups is 2. The Kier molecular flexibility index (Phi) is 7.52. The summed E-state index contributed by atoms with van der Waals surface area (Å²) in [5, 5.41) is 0. The fourth-order valence-electron chi connectivity index (χ4n) is 3.18. The van der Waals surface area contributed by atoms with Crippen molar-refractivity contribution in [2.24, 2.45) is 0 Å². The highest BCUT2D eigenvalue weighted by Crippen LogP contribution is 2.54. The summed E-state index contributed by atoms with van der Waals surface area (Å²) in [5.41, 5.74) is 2.77. The molecule has 0 spiro atoms. The number of fused-ring (bicyclic) bond motifs is 1. The molecule has 6 nitrogen and oxygen atoms in total. The third-order valence-corrected chi connectivity index (χ3v) is 7.74. The number of rotatable bonds is 5. The van der Waals surface area contributed by atoms with Gasteiger partial charge in [-0.1, -0.05) is 5.92 Å². The number of benzene rings is 1. The summed E-state index contributed by atoms with van der Waals surface area (Å²) in [7, 11) is 0. The van der Waals surface area contributed by atoms with E-state index in [1.54, 1.807) is 42.6 Å². The van der Waals surface area contributed by atoms with Crippen molar-refractivity contribution in [3.63, 3.8) is 0 Å². The highest BCUT2D eigenvalue weighted by molar-refractivity contribution is 8.16. The smallest absolute Gasteiger partial charge is 0.339 e. The molecule has 1 aliphatic heterocycles. The minimum absolute atomic E-state index is 0.315. The van der Waals surface area contributed by atoms with Crippen LogP contribution in [0.25, 0.3) is 0 Å². The van der Waals surface area contributed by atoms with Gasteiger partial charge in [0.2, 0.25) is 6.29 Å². The molecule has 1 aliphatic rings. The molecule has 0 amide bonds. The summed E-state index contributed by atoms with van der Waals surface area (Å²) >= 11 is 3.37. The molecule has 0 saturated heterocycles. The maximum Gasteiger partial charge on any atom is 0.339 e. The Morgan fingerprint density at radius 1 is 1.23 bits per heavy atom. The largest absolute Gasteiger partial charge is 0.462 e. The van der Waals surface area contributed by atoms with E-state index in [9.17, 15) is 9.59 Å². The van der Waals surface area contributed by atoms with Crippen LogP contribution in [0.15, 0.2) is 36.5 Å².